The van der Waals surface area contributed by atoms with Gasteiger partial charge in [-0.05, 0) is 48.6 Å². The number of aliphatic carboxylic acids is 1. The second-order valence-corrected chi connectivity index (χ2v) is 10.7. The van der Waals surface area contributed by atoms with Gasteiger partial charge in [0.15, 0.2) is 5.79 Å². The van der Waals surface area contributed by atoms with Gasteiger partial charge in [-0.3, -0.25) is 19.2 Å². The summed E-state index contributed by atoms with van der Waals surface area (Å²) in [4.78, 5) is 51.5. The zero-order chi connectivity index (χ0) is 28.2. The van der Waals surface area contributed by atoms with E-state index in [9.17, 15) is 29.4 Å². The Labute approximate surface area is 233 Å². The molecule has 0 radical (unpaired) electrons. The molecule has 13 heteroatoms. The Morgan fingerprint density at radius 1 is 1.18 bits per heavy atom. The highest BCUT2D eigenvalue weighted by Gasteiger charge is 2.52. The van der Waals surface area contributed by atoms with Crippen LogP contribution in [-0.4, -0.2) is 75.5 Å². The third-order valence-corrected chi connectivity index (χ3v) is 7.80. The summed E-state index contributed by atoms with van der Waals surface area (Å²) in [5.41, 5.74) is 3.22. The van der Waals surface area contributed by atoms with Gasteiger partial charge in [0.2, 0.25) is 0 Å². The predicted molar refractivity (Wildman–Crippen MR) is 142 cm³/mol. The summed E-state index contributed by atoms with van der Waals surface area (Å²) in [5.74, 6) is -4.28. The summed E-state index contributed by atoms with van der Waals surface area (Å²) in [6.07, 6.45) is 0.442. The highest BCUT2D eigenvalue weighted by molar-refractivity contribution is 7.99. The third kappa shape index (κ3) is 6.53. The molecule has 0 bridgehead atoms. The van der Waals surface area contributed by atoms with Crippen molar-refractivity contribution in [2.24, 2.45) is 5.92 Å². The number of hydrogen-bond donors (Lipinski definition) is 4. The maximum absolute atomic E-state index is 13.7. The molecule has 1 unspecified atom stereocenters. The van der Waals surface area contributed by atoms with Crippen LogP contribution in [0.15, 0.2) is 42.5 Å². The number of carboxylic acids is 1. The molecule has 0 aromatic heterocycles. The maximum Gasteiger partial charge on any atom is 0.322 e. The molecular formula is C26H28ClN3O8S. The first-order valence-electron chi connectivity index (χ1n) is 12.2. The Morgan fingerprint density at radius 3 is 2.59 bits per heavy atom. The van der Waals surface area contributed by atoms with E-state index < -0.39 is 41.4 Å². The number of benzene rings is 2. The summed E-state index contributed by atoms with van der Waals surface area (Å²) in [6.45, 7) is 2.06. The fourth-order valence-corrected chi connectivity index (χ4v) is 5.81. The first kappa shape index (κ1) is 28.8. The number of aromatic hydroxyl groups is 1. The monoisotopic (exact) mass is 577 g/mol. The van der Waals surface area contributed by atoms with Gasteiger partial charge in [-0.15, -0.1) is 0 Å². The maximum atomic E-state index is 13.7. The fourth-order valence-electron chi connectivity index (χ4n) is 4.32. The molecule has 2 saturated heterocycles. The van der Waals surface area contributed by atoms with E-state index in [1.54, 1.807) is 12.1 Å². The zero-order valence-electron chi connectivity index (χ0n) is 21.0. The van der Waals surface area contributed by atoms with E-state index in [-0.39, 0.29) is 28.4 Å². The molecule has 39 heavy (non-hydrogen) atoms. The summed E-state index contributed by atoms with van der Waals surface area (Å²) >= 11 is 7.90. The van der Waals surface area contributed by atoms with Crippen LogP contribution in [0.3, 0.4) is 0 Å². The number of hydrogen-bond acceptors (Lipinski definition) is 9. The van der Waals surface area contributed by atoms with Crippen LogP contribution in [0.1, 0.15) is 39.6 Å². The highest BCUT2D eigenvalue weighted by Crippen LogP contribution is 2.40. The molecule has 2 aromatic rings. The van der Waals surface area contributed by atoms with E-state index in [1.165, 1.54) is 49.0 Å². The minimum atomic E-state index is -1.28. The number of carboxylic acid groups (broad SMARTS) is 1. The van der Waals surface area contributed by atoms with Gasteiger partial charge in [0.05, 0.1) is 23.8 Å². The molecule has 2 aliphatic rings. The van der Waals surface area contributed by atoms with E-state index in [1.807, 2.05) is 0 Å². The Kier molecular flexibility index (Phi) is 9.13. The van der Waals surface area contributed by atoms with Gasteiger partial charge in [0.25, 0.3) is 17.7 Å². The number of imide groups is 1. The second-order valence-electron chi connectivity index (χ2n) is 9.10. The molecule has 2 aliphatic heterocycles. The van der Waals surface area contributed by atoms with E-state index in [0.29, 0.717) is 41.7 Å². The largest absolute Gasteiger partial charge is 0.508 e. The minimum Gasteiger partial charge on any atom is -0.508 e. The van der Waals surface area contributed by atoms with Crippen LogP contribution in [0.4, 0.5) is 0 Å². The van der Waals surface area contributed by atoms with Crippen LogP contribution in [0, 0.1) is 5.92 Å². The summed E-state index contributed by atoms with van der Waals surface area (Å²) < 4.78 is 11.6. The molecule has 0 saturated carbocycles. The lowest BCUT2D eigenvalue weighted by atomic mass is 9.95. The lowest BCUT2D eigenvalue weighted by Gasteiger charge is -2.40. The number of phenolic OH excluding ortho intramolecular Hbond substituents is 1. The van der Waals surface area contributed by atoms with E-state index in [0.717, 1.165) is 0 Å². The van der Waals surface area contributed by atoms with Crippen LogP contribution >= 0.6 is 23.4 Å². The van der Waals surface area contributed by atoms with Crippen molar-refractivity contribution in [1.82, 2.24) is 15.8 Å². The molecule has 1 spiro atoms. The van der Waals surface area contributed by atoms with Crippen LogP contribution in [-0.2, 0) is 25.6 Å². The van der Waals surface area contributed by atoms with Crippen molar-refractivity contribution in [3.8, 4) is 5.75 Å². The number of carbonyl (C=O) groups excluding carboxylic acids is 3. The first-order chi connectivity index (χ1) is 18.6. The van der Waals surface area contributed by atoms with Crippen LogP contribution in [0.5, 0.6) is 5.75 Å². The highest BCUT2D eigenvalue weighted by atomic mass is 35.5. The molecule has 4 rings (SSSR count). The minimum absolute atomic E-state index is 0.0707. The van der Waals surface area contributed by atoms with Crippen LogP contribution in [0.25, 0.3) is 0 Å². The Morgan fingerprint density at radius 2 is 1.92 bits per heavy atom. The van der Waals surface area contributed by atoms with Crippen molar-refractivity contribution in [3.05, 3.63) is 64.2 Å². The number of halogens is 1. The lowest BCUT2D eigenvalue weighted by Crippen LogP contribution is -2.59. The number of nitrogens with zero attached hydrogens (tertiary/aromatic N) is 1. The predicted octanol–water partition coefficient (Wildman–Crippen LogP) is 2.42. The van der Waals surface area contributed by atoms with Crippen molar-refractivity contribution in [3.63, 3.8) is 0 Å². The van der Waals surface area contributed by atoms with E-state index in [2.05, 4.69) is 10.7 Å². The average Bonchev–Trinajstić information content (AvgIpc) is 3.38. The van der Waals surface area contributed by atoms with Gasteiger partial charge < -0.3 is 25.0 Å². The fraction of sp³-hybridized carbons (Fsp3) is 0.385. The molecule has 2 fully saturated rings. The van der Waals surface area contributed by atoms with Gasteiger partial charge in [0.1, 0.15) is 17.7 Å². The molecule has 11 nitrogen and oxygen atoms in total. The van der Waals surface area contributed by atoms with Crippen molar-refractivity contribution >= 4 is 47.1 Å². The zero-order valence-corrected chi connectivity index (χ0v) is 22.6. The number of rotatable bonds is 8. The normalized spacial score (nSPS) is 18.9. The van der Waals surface area contributed by atoms with Gasteiger partial charge in [-0.2, -0.15) is 11.8 Å². The molecule has 2 heterocycles. The van der Waals surface area contributed by atoms with Gasteiger partial charge >= 0.3 is 5.97 Å². The van der Waals surface area contributed by atoms with E-state index in [4.69, 9.17) is 21.1 Å². The second kappa shape index (κ2) is 12.3. The molecule has 0 aliphatic carbocycles. The number of carbonyl (C=O) groups is 4. The summed E-state index contributed by atoms with van der Waals surface area (Å²) in [6, 6.07) is 9.11. The van der Waals surface area contributed by atoms with Gasteiger partial charge in [0, 0.05) is 24.3 Å². The summed E-state index contributed by atoms with van der Waals surface area (Å²) in [7, 11) is 0. The van der Waals surface area contributed by atoms with Crippen molar-refractivity contribution in [2.75, 3.05) is 24.7 Å². The van der Waals surface area contributed by atoms with Crippen molar-refractivity contribution < 1.29 is 38.9 Å². The lowest BCUT2D eigenvalue weighted by molar-refractivity contribution is -0.201. The average molecular weight is 578 g/mol. The third-order valence-electron chi connectivity index (χ3n) is 6.43. The Bertz CT molecular complexity index is 1270. The number of ether oxygens (including phenoxy) is 2. The van der Waals surface area contributed by atoms with Gasteiger partial charge in [-0.1, -0.05) is 23.7 Å². The van der Waals surface area contributed by atoms with Crippen LogP contribution in [0.2, 0.25) is 5.02 Å². The molecule has 2 atom stereocenters. The molecule has 2 aromatic carbocycles. The van der Waals surface area contributed by atoms with E-state index >= 15 is 0 Å². The first-order valence-corrected chi connectivity index (χ1v) is 13.7. The van der Waals surface area contributed by atoms with Crippen molar-refractivity contribution in [1.29, 1.82) is 0 Å². The number of nitrogens with one attached hydrogen (secondary N) is 2. The Balaban J connectivity index is 1.55. The molecule has 3 amide bonds. The Hall–Kier alpha value is -3.16. The number of phenols is 1. The summed E-state index contributed by atoms with van der Waals surface area (Å²) in [5, 5.41) is 22.3. The number of amides is 3. The molecule has 4 N–H and O–H groups in total. The van der Waals surface area contributed by atoms with Crippen LogP contribution < -0.4 is 10.7 Å². The van der Waals surface area contributed by atoms with Gasteiger partial charge in [-0.25, -0.2) is 10.4 Å². The number of hydrazine groups is 1. The topological polar surface area (TPSA) is 154 Å². The molecular weight excluding hydrogens is 550 g/mol. The number of thioether (sulfide) groups is 1. The smallest absolute Gasteiger partial charge is 0.322 e. The quantitative estimate of drug-likeness (QED) is 0.271. The molecule has 208 valence electrons. The SMILES string of the molecule is C[C@H](NN(C(=O)c1ccc(C(=O)NCc2cccc(O)c2)cc1Cl)C(=O)C1CSCCC12OCCO2)C(=O)O. The van der Waals surface area contributed by atoms with Crippen molar-refractivity contribution in [2.45, 2.75) is 31.7 Å². The standard InChI is InChI=1S/C26H28ClN3O8S/c1-15(25(35)36)29-30(24(34)20-14-39-10-7-26(20)37-8-9-38-26)23(33)19-6-5-17(12-21(19)27)22(32)28-13-16-3-2-4-18(31)11-16/h2-6,11-12,15,20,29,31H,7-10,13-14H2,1H3,(H,28,32)(H,35,36)/t15-,20?/m0/s1.